The van der Waals surface area contributed by atoms with Crippen LogP contribution in [0.15, 0.2) is 30.3 Å². The quantitative estimate of drug-likeness (QED) is 0.648. The summed E-state index contributed by atoms with van der Waals surface area (Å²) in [5.41, 5.74) is 0.998. The molecule has 2 amide bonds. The molecular weight excluding hydrogens is 384 g/mol. The van der Waals surface area contributed by atoms with E-state index in [4.69, 9.17) is 0 Å². The number of piperidine rings is 1. The van der Waals surface area contributed by atoms with E-state index in [0.29, 0.717) is 25.0 Å². The zero-order valence-electron chi connectivity index (χ0n) is 14.9. The van der Waals surface area contributed by atoms with E-state index in [0.717, 1.165) is 18.4 Å². The van der Waals surface area contributed by atoms with Crippen LogP contribution >= 0.6 is 24.4 Å². The molecule has 2 N–H and O–H groups in total. The van der Waals surface area contributed by atoms with Gasteiger partial charge in [0.25, 0.3) is 0 Å². The molecule has 0 radical (unpaired) electrons. The molecule has 2 fully saturated rings. The summed E-state index contributed by atoms with van der Waals surface area (Å²) in [5.74, 6) is -0.851. The van der Waals surface area contributed by atoms with Crippen molar-refractivity contribution in [3.05, 3.63) is 35.9 Å². The second kappa shape index (κ2) is 9.01. The van der Waals surface area contributed by atoms with E-state index in [-0.39, 0.29) is 17.2 Å². The molecule has 0 aliphatic carbocycles. The molecule has 27 heavy (non-hydrogen) atoms. The van der Waals surface area contributed by atoms with Gasteiger partial charge in [-0.1, -0.05) is 30.3 Å². The van der Waals surface area contributed by atoms with Gasteiger partial charge >= 0.3 is 5.97 Å². The van der Waals surface area contributed by atoms with Crippen LogP contribution in [-0.4, -0.2) is 56.3 Å². The maximum atomic E-state index is 13.0. The van der Waals surface area contributed by atoms with Gasteiger partial charge in [0.15, 0.2) is 0 Å². The van der Waals surface area contributed by atoms with E-state index < -0.39 is 23.3 Å². The van der Waals surface area contributed by atoms with Gasteiger partial charge in [-0.15, -0.1) is 11.8 Å². The van der Waals surface area contributed by atoms with Gasteiger partial charge in [0.2, 0.25) is 11.8 Å². The van der Waals surface area contributed by atoms with Crippen molar-refractivity contribution in [1.29, 1.82) is 0 Å². The van der Waals surface area contributed by atoms with Crippen molar-refractivity contribution < 1.29 is 19.5 Å². The van der Waals surface area contributed by atoms with Crippen molar-refractivity contribution in [3.63, 3.8) is 0 Å². The van der Waals surface area contributed by atoms with Gasteiger partial charge in [-0.25, -0.2) is 4.79 Å². The van der Waals surface area contributed by atoms with Crippen molar-refractivity contribution in [2.45, 2.75) is 54.8 Å². The number of thioether (sulfide) groups is 1. The zero-order valence-corrected chi connectivity index (χ0v) is 16.6. The first-order valence-electron chi connectivity index (χ1n) is 9.16. The van der Waals surface area contributed by atoms with Crippen molar-refractivity contribution in [2.24, 2.45) is 0 Å². The molecule has 2 saturated heterocycles. The van der Waals surface area contributed by atoms with Gasteiger partial charge in [0.05, 0.1) is 10.6 Å². The van der Waals surface area contributed by atoms with Crippen molar-refractivity contribution in [3.8, 4) is 0 Å². The number of nitrogens with one attached hydrogen (secondary N) is 1. The van der Waals surface area contributed by atoms with Gasteiger partial charge in [0.1, 0.15) is 12.1 Å². The summed E-state index contributed by atoms with van der Waals surface area (Å²) in [4.78, 5) is 38.7. The number of hydrogen-bond acceptors (Lipinski definition) is 5. The standard InChI is InChI=1S/C19H24N2O4S2/c22-17(15(26)11-12-5-2-1-3-6-12)20-13-9-10-27-16-8-4-7-14(19(24)25)21(16)18(13)23/h1-3,5-6,13-16,26H,4,7-11H2,(H,20,22)(H,24,25). The predicted octanol–water partition coefficient (Wildman–Crippen LogP) is 1.94. The first-order chi connectivity index (χ1) is 13.0. The number of carbonyl (C=O) groups excluding carboxylic acids is 2. The summed E-state index contributed by atoms with van der Waals surface area (Å²) in [6.07, 6.45) is 3.02. The highest BCUT2D eigenvalue weighted by molar-refractivity contribution is 7.99. The largest absolute Gasteiger partial charge is 0.480 e. The number of carboxylic acid groups (broad SMARTS) is 1. The highest BCUT2D eigenvalue weighted by Crippen LogP contribution is 2.34. The molecular formula is C19H24N2O4S2. The number of hydrogen-bond donors (Lipinski definition) is 3. The van der Waals surface area contributed by atoms with Crippen LogP contribution in [-0.2, 0) is 20.8 Å². The summed E-state index contributed by atoms with van der Waals surface area (Å²) in [5, 5.41) is 11.6. The highest BCUT2D eigenvalue weighted by Gasteiger charge is 2.43. The lowest BCUT2D eigenvalue weighted by atomic mass is 10.00. The molecule has 3 rings (SSSR count). The number of amides is 2. The van der Waals surface area contributed by atoms with Crippen molar-refractivity contribution in [1.82, 2.24) is 10.2 Å². The first-order valence-corrected chi connectivity index (χ1v) is 10.7. The number of rotatable bonds is 5. The molecule has 2 aliphatic heterocycles. The minimum absolute atomic E-state index is 0.120. The van der Waals surface area contributed by atoms with E-state index in [2.05, 4.69) is 17.9 Å². The fourth-order valence-corrected chi connectivity index (χ4v) is 5.30. The monoisotopic (exact) mass is 408 g/mol. The van der Waals surface area contributed by atoms with E-state index in [1.807, 2.05) is 30.3 Å². The Balaban J connectivity index is 1.67. The Morgan fingerprint density at radius 1 is 1.26 bits per heavy atom. The molecule has 1 aromatic carbocycles. The lowest BCUT2D eigenvalue weighted by Crippen LogP contribution is -2.57. The Kier molecular flexibility index (Phi) is 6.70. The summed E-state index contributed by atoms with van der Waals surface area (Å²) < 4.78 is 0. The Morgan fingerprint density at radius 2 is 2.00 bits per heavy atom. The van der Waals surface area contributed by atoms with Crippen molar-refractivity contribution >= 4 is 42.2 Å². The second-order valence-corrected chi connectivity index (χ2v) is 8.82. The SMILES string of the molecule is O=C(NC1CCSC2CCCC(C(=O)O)N2C1=O)C(S)Cc1ccccc1. The Labute approximate surface area is 168 Å². The summed E-state index contributed by atoms with van der Waals surface area (Å²) >= 11 is 6.01. The average molecular weight is 409 g/mol. The number of thiol groups is 1. The molecule has 2 heterocycles. The fraction of sp³-hybridized carbons (Fsp3) is 0.526. The summed E-state index contributed by atoms with van der Waals surface area (Å²) in [7, 11) is 0. The van der Waals surface area contributed by atoms with Gasteiger partial charge in [0, 0.05) is 0 Å². The second-order valence-electron chi connectivity index (χ2n) is 6.91. The van der Waals surface area contributed by atoms with Gasteiger partial charge in [-0.2, -0.15) is 12.6 Å². The minimum Gasteiger partial charge on any atom is -0.480 e. The van der Waals surface area contributed by atoms with E-state index in [1.165, 1.54) is 4.90 Å². The van der Waals surface area contributed by atoms with Crippen LogP contribution in [0.1, 0.15) is 31.2 Å². The Hall–Kier alpha value is -1.67. The molecule has 0 saturated carbocycles. The molecule has 2 aliphatic rings. The number of fused-ring (bicyclic) bond motifs is 1. The number of benzene rings is 1. The van der Waals surface area contributed by atoms with Gasteiger partial charge < -0.3 is 15.3 Å². The molecule has 8 heteroatoms. The minimum atomic E-state index is -0.975. The lowest BCUT2D eigenvalue weighted by molar-refractivity contribution is -0.154. The van der Waals surface area contributed by atoms with Crippen LogP contribution in [0.3, 0.4) is 0 Å². The molecule has 1 aromatic rings. The molecule has 4 unspecified atom stereocenters. The van der Waals surface area contributed by atoms with E-state index in [9.17, 15) is 19.5 Å². The number of aliphatic carboxylic acids is 1. The molecule has 6 nitrogen and oxygen atoms in total. The smallest absolute Gasteiger partial charge is 0.326 e. The topological polar surface area (TPSA) is 86.7 Å². The molecule has 146 valence electrons. The number of nitrogens with zero attached hydrogens (tertiary/aromatic N) is 1. The third-order valence-corrected chi connectivity index (χ3v) is 6.76. The zero-order chi connectivity index (χ0) is 19.4. The normalized spacial score (nSPS) is 26.6. The Morgan fingerprint density at radius 3 is 2.70 bits per heavy atom. The third-order valence-electron chi connectivity index (χ3n) is 5.02. The van der Waals surface area contributed by atoms with Crippen LogP contribution in [0.5, 0.6) is 0 Å². The summed E-state index contributed by atoms with van der Waals surface area (Å²) in [6, 6.07) is 8.08. The van der Waals surface area contributed by atoms with Crippen LogP contribution in [0.2, 0.25) is 0 Å². The average Bonchev–Trinajstić information content (AvgIpc) is 2.81. The Bertz CT molecular complexity index is 700. The maximum Gasteiger partial charge on any atom is 0.326 e. The van der Waals surface area contributed by atoms with E-state index in [1.54, 1.807) is 11.8 Å². The molecule has 0 aromatic heterocycles. The lowest BCUT2D eigenvalue weighted by Gasteiger charge is -2.39. The predicted molar refractivity (Wildman–Crippen MR) is 108 cm³/mol. The number of carbonyl (C=O) groups is 3. The molecule has 4 atom stereocenters. The highest BCUT2D eigenvalue weighted by atomic mass is 32.2. The fourth-order valence-electron chi connectivity index (χ4n) is 3.62. The van der Waals surface area contributed by atoms with Crippen LogP contribution in [0.4, 0.5) is 0 Å². The molecule has 0 bridgehead atoms. The van der Waals surface area contributed by atoms with Crippen LogP contribution in [0.25, 0.3) is 0 Å². The van der Waals surface area contributed by atoms with Crippen LogP contribution in [0, 0.1) is 0 Å². The maximum absolute atomic E-state index is 13.0. The van der Waals surface area contributed by atoms with Crippen molar-refractivity contribution in [2.75, 3.05) is 5.75 Å². The summed E-state index contributed by atoms with van der Waals surface area (Å²) in [6.45, 7) is 0. The first kappa shape index (κ1) is 20.1. The van der Waals surface area contributed by atoms with Crippen LogP contribution < -0.4 is 5.32 Å². The van der Waals surface area contributed by atoms with Gasteiger partial charge in [-0.05, 0) is 43.4 Å². The number of carboxylic acids is 1. The van der Waals surface area contributed by atoms with E-state index >= 15 is 0 Å². The third kappa shape index (κ3) is 4.79. The molecule has 0 spiro atoms. The van der Waals surface area contributed by atoms with Gasteiger partial charge in [-0.3, -0.25) is 9.59 Å².